The van der Waals surface area contributed by atoms with E-state index >= 15 is 0 Å². The molecule has 1 aromatic carbocycles. The molecule has 3 N–H and O–H groups in total. The fourth-order valence-electron chi connectivity index (χ4n) is 1.64. The molecule has 0 radical (unpaired) electrons. The maximum Gasteiger partial charge on any atom is 0.225 e. The average Bonchev–Trinajstić information content (AvgIpc) is 2.27. The molecule has 1 aromatic rings. The van der Waals surface area contributed by atoms with E-state index in [0.717, 1.165) is 12.1 Å². The lowest BCUT2D eigenvalue weighted by Gasteiger charge is -2.08. The zero-order chi connectivity index (χ0) is 12.7. The first-order valence-corrected chi connectivity index (χ1v) is 6.26. The Bertz CT molecular complexity index is 344. The largest absolute Gasteiger partial charge is 0.327 e. The number of nitrogens with one attached hydrogen (secondary N) is 1. The van der Waals surface area contributed by atoms with Crippen molar-refractivity contribution in [1.82, 2.24) is 0 Å². The molecule has 17 heavy (non-hydrogen) atoms. The van der Waals surface area contributed by atoms with E-state index in [-0.39, 0.29) is 11.9 Å². The van der Waals surface area contributed by atoms with Crippen molar-refractivity contribution in [2.75, 3.05) is 5.32 Å². The molecule has 1 atom stereocenters. The SMILES string of the molecule is CCCCc1ccc(NC(=O)CC(C)N)cc1. The number of unbranched alkanes of at least 4 members (excludes halogenated alkanes) is 1. The predicted octanol–water partition coefficient (Wildman–Crippen LogP) is 2.71. The van der Waals surface area contributed by atoms with Crippen molar-refractivity contribution in [3.63, 3.8) is 0 Å². The van der Waals surface area contributed by atoms with E-state index in [1.165, 1.54) is 18.4 Å². The summed E-state index contributed by atoms with van der Waals surface area (Å²) in [6.45, 7) is 4.01. The summed E-state index contributed by atoms with van der Waals surface area (Å²) >= 11 is 0. The molecular weight excluding hydrogens is 212 g/mol. The average molecular weight is 234 g/mol. The molecule has 3 heteroatoms. The summed E-state index contributed by atoms with van der Waals surface area (Å²) in [4.78, 5) is 11.5. The summed E-state index contributed by atoms with van der Waals surface area (Å²) < 4.78 is 0. The Morgan fingerprint density at radius 3 is 2.53 bits per heavy atom. The number of carbonyl (C=O) groups excluding carboxylic acids is 1. The molecule has 3 nitrogen and oxygen atoms in total. The number of hydrogen-bond donors (Lipinski definition) is 2. The molecule has 0 spiro atoms. The maximum atomic E-state index is 11.5. The minimum Gasteiger partial charge on any atom is -0.327 e. The van der Waals surface area contributed by atoms with Gasteiger partial charge in [0.25, 0.3) is 0 Å². The van der Waals surface area contributed by atoms with Crippen molar-refractivity contribution in [3.8, 4) is 0 Å². The number of rotatable bonds is 6. The van der Waals surface area contributed by atoms with Gasteiger partial charge in [-0.2, -0.15) is 0 Å². The number of carbonyl (C=O) groups is 1. The highest BCUT2D eigenvalue weighted by molar-refractivity contribution is 5.91. The first kappa shape index (κ1) is 13.7. The van der Waals surface area contributed by atoms with Gasteiger partial charge in [0.15, 0.2) is 0 Å². The van der Waals surface area contributed by atoms with Crippen molar-refractivity contribution < 1.29 is 4.79 Å². The van der Waals surface area contributed by atoms with Crippen LogP contribution in [0.3, 0.4) is 0 Å². The van der Waals surface area contributed by atoms with Crippen LogP contribution in [0.5, 0.6) is 0 Å². The molecule has 0 aromatic heterocycles. The second-order valence-electron chi connectivity index (χ2n) is 4.53. The standard InChI is InChI=1S/C14H22N2O/c1-3-4-5-12-6-8-13(9-7-12)16-14(17)10-11(2)15/h6-9,11H,3-5,10,15H2,1-2H3,(H,16,17). The number of hydrogen-bond acceptors (Lipinski definition) is 2. The second kappa shape index (κ2) is 7.07. The van der Waals surface area contributed by atoms with Gasteiger partial charge in [0.2, 0.25) is 5.91 Å². The minimum absolute atomic E-state index is 0.0266. The fraction of sp³-hybridized carbons (Fsp3) is 0.500. The molecule has 0 saturated carbocycles. The van der Waals surface area contributed by atoms with Crippen LogP contribution < -0.4 is 11.1 Å². The van der Waals surface area contributed by atoms with Crippen LogP contribution in [0.1, 0.15) is 38.7 Å². The first-order chi connectivity index (χ1) is 8.11. The van der Waals surface area contributed by atoms with Crippen molar-refractivity contribution >= 4 is 11.6 Å². The van der Waals surface area contributed by atoms with Gasteiger partial charge in [-0.05, 0) is 37.5 Å². The van der Waals surface area contributed by atoms with E-state index in [1.807, 2.05) is 19.1 Å². The van der Waals surface area contributed by atoms with Gasteiger partial charge in [-0.3, -0.25) is 4.79 Å². The van der Waals surface area contributed by atoms with Gasteiger partial charge in [-0.25, -0.2) is 0 Å². The predicted molar refractivity (Wildman–Crippen MR) is 72.0 cm³/mol. The molecular formula is C14H22N2O. The Morgan fingerprint density at radius 1 is 1.35 bits per heavy atom. The van der Waals surface area contributed by atoms with Gasteiger partial charge in [-0.1, -0.05) is 25.5 Å². The van der Waals surface area contributed by atoms with Crippen LogP contribution in [0.25, 0.3) is 0 Å². The number of benzene rings is 1. The molecule has 0 aliphatic rings. The molecule has 94 valence electrons. The highest BCUT2D eigenvalue weighted by Crippen LogP contribution is 2.12. The van der Waals surface area contributed by atoms with Crippen LogP contribution >= 0.6 is 0 Å². The van der Waals surface area contributed by atoms with Crippen LogP contribution in [-0.4, -0.2) is 11.9 Å². The highest BCUT2D eigenvalue weighted by atomic mass is 16.1. The molecule has 0 heterocycles. The van der Waals surface area contributed by atoms with Crippen molar-refractivity contribution in [2.45, 2.75) is 45.6 Å². The molecule has 0 fully saturated rings. The smallest absolute Gasteiger partial charge is 0.225 e. The van der Waals surface area contributed by atoms with E-state index in [0.29, 0.717) is 6.42 Å². The van der Waals surface area contributed by atoms with Crippen molar-refractivity contribution in [1.29, 1.82) is 0 Å². The summed E-state index contributed by atoms with van der Waals surface area (Å²) in [5.74, 6) is -0.0266. The summed E-state index contributed by atoms with van der Waals surface area (Å²) in [5.41, 5.74) is 7.73. The Labute approximate surface area is 103 Å². The van der Waals surface area contributed by atoms with Gasteiger partial charge >= 0.3 is 0 Å². The monoisotopic (exact) mass is 234 g/mol. The third kappa shape index (κ3) is 5.50. The lowest BCUT2D eigenvalue weighted by molar-refractivity contribution is -0.116. The summed E-state index contributed by atoms with van der Waals surface area (Å²) in [6, 6.07) is 7.93. The molecule has 1 unspecified atom stereocenters. The molecule has 0 aliphatic heterocycles. The van der Waals surface area contributed by atoms with E-state index in [1.54, 1.807) is 0 Å². The zero-order valence-corrected chi connectivity index (χ0v) is 10.7. The van der Waals surface area contributed by atoms with Crippen LogP contribution in [0.15, 0.2) is 24.3 Å². The molecule has 0 saturated heterocycles. The number of anilines is 1. The first-order valence-electron chi connectivity index (χ1n) is 6.26. The quantitative estimate of drug-likeness (QED) is 0.795. The normalized spacial score (nSPS) is 12.2. The van der Waals surface area contributed by atoms with Crippen LogP contribution in [0.4, 0.5) is 5.69 Å². The molecule has 0 bridgehead atoms. The lowest BCUT2D eigenvalue weighted by Crippen LogP contribution is -2.23. The van der Waals surface area contributed by atoms with Gasteiger partial charge in [0, 0.05) is 18.2 Å². The fourth-order valence-corrected chi connectivity index (χ4v) is 1.64. The lowest BCUT2D eigenvalue weighted by atomic mass is 10.1. The Hall–Kier alpha value is -1.35. The highest BCUT2D eigenvalue weighted by Gasteiger charge is 2.05. The van der Waals surface area contributed by atoms with E-state index in [2.05, 4.69) is 24.4 Å². The maximum absolute atomic E-state index is 11.5. The van der Waals surface area contributed by atoms with Crippen molar-refractivity contribution in [2.24, 2.45) is 5.73 Å². The number of nitrogens with two attached hydrogens (primary N) is 1. The molecule has 1 amide bonds. The number of aryl methyl sites for hydroxylation is 1. The number of amides is 1. The third-order valence-corrected chi connectivity index (χ3v) is 2.56. The summed E-state index contributed by atoms with van der Waals surface area (Å²) in [7, 11) is 0. The Kier molecular flexibility index (Phi) is 5.70. The van der Waals surface area contributed by atoms with E-state index in [4.69, 9.17) is 5.73 Å². The van der Waals surface area contributed by atoms with Gasteiger partial charge < -0.3 is 11.1 Å². The van der Waals surface area contributed by atoms with Crippen LogP contribution in [0.2, 0.25) is 0 Å². The van der Waals surface area contributed by atoms with Gasteiger partial charge in [0.05, 0.1) is 0 Å². The molecule has 0 aliphatic carbocycles. The second-order valence-corrected chi connectivity index (χ2v) is 4.53. The van der Waals surface area contributed by atoms with Crippen LogP contribution in [0, 0.1) is 0 Å². The van der Waals surface area contributed by atoms with Gasteiger partial charge in [-0.15, -0.1) is 0 Å². The van der Waals surface area contributed by atoms with E-state index in [9.17, 15) is 4.79 Å². The van der Waals surface area contributed by atoms with E-state index < -0.39 is 0 Å². The van der Waals surface area contributed by atoms with Gasteiger partial charge in [0.1, 0.15) is 0 Å². The third-order valence-electron chi connectivity index (χ3n) is 2.56. The summed E-state index contributed by atoms with van der Waals surface area (Å²) in [5, 5.41) is 2.84. The zero-order valence-electron chi connectivity index (χ0n) is 10.7. The minimum atomic E-state index is -0.0983. The van der Waals surface area contributed by atoms with Crippen molar-refractivity contribution in [3.05, 3.63) is 29.8 Å². The Balaban J connectivity index is 2.47. The topological polar surface area (TPSA) is 55.1 Å². The summed E-state index contributed by atoms with van der Waals surface area (Å²) in [6.07, 6.45) is 3.87. The van der Waals surface area contributed by atoms with Crippen LogP contribution in [-0.2, 0) is 11.2 Å². The molecule has 1 rings (SSSR count). The Morgan fingerprint density at radius 2 is 2.00 bits per heavy atom.